The minimum atomic E-state index is -0.622. The summed E-state index contributed by atoms with van der Waals surface area (Å²) >= 11 is 1.14. The molecule has 2 aliphatic rings. The molecule has 0 aliphatic carbocycles. The zero-order chi connectivity index (χ0) is 18.1. The fraction of sp³-hybridized carbons (Fsp3) is 0.500. The van der Waals surface area contributed by atoms with Crippen molar-refractivity contribution in [2.45, 2.75) is 38.2 Å². The van der Waals surface area contributed by atoms with E-state index in [9.17, 15) is 9.90 Å². The summed E-state index contributed by atoms with van der Waals surface area (Å²) in [5.74, 6) is 1.35. The first-order valence-electron chi connectivity index (χ1n) is 8.85. The van der Waals surface area contributed by atoms with Crippen LogP contribution in [0.4, 0.5) is 0 Å². The van der Waals surface area contributed by atoms with Crippen LogP contribution in [0.25, 0.3) is 0 Å². The van der Waals surface area contributed by atoms with Gasteiger partial charge in [0.2, 0.25) is 6.79 Å². The zero-order valence-corrected chi connectivity index (χ0v) is 15.4. The molecule has 1 aromatic heterocycles. The molecule has 7 nitrogen and oxygen atoms in total. The molecule has 1 fully saturated rings. The fourth-order valence-electron chi connectivity index (χ4n) is 3.56. The summed E-state index contributed by atoms with van der Waals surface area (Å²) in [5.41, 5.74) is 1.77. The van der Waals surface area contributed by atoms with Crippen LogP contribution in [-0.2, 0) is 6.42 Å². The molecule has 1 saturated heterocycles. The number of amides is 1. The van der Waals surface area contributed by atoms with Crippen molar-refractivity contribution in [2.24, 2.45) is 0 Å². The maximum Gasteiger partial charge on any atom is 0.267 e. The third-order valence-electron chi connectivity index (χ3n) is 4.93. The van der Waals surface area contributed by atoms with Gasteiger partial charge in [-0.25, -0.2) is 0 Å². The predicted molar refractivity (Wildman–Crippen MR) is 95.7 cm³/mol. The van der Waals surface area contributed by atoms with Gasteiger partial charge in [-0.05, 0) is 42.1 Å². The second-order valence-corrected chi connectivity index (χ2v) is 7.38. The number of hydrogen-bond acceptors (Lipinski definition) is 7. The van der Waals surface area contributed by atoms with Gasteiger partial charge in [0.15, 0.2) is 11.5 Å². The molecule has 8 heteroatoms. The highest BCUT2D eigenvalue weighted by molar-refractivity contribution is 7.08. The lowest BCUT2D eigenvalue weighted by molar-refractivity contribution is 0.0384. The number of hydrogen-bond donors (Lipinski definition) is 1. The predicted octanol–water partition coefficient (Wildman–Crippen LogP) is 2.21. The van der Waals surface area contributed by atoms with Crippen LogP contribution in [0.15, 0.2) is 18.2 Å². The van der Waals surface area contributed by atoms with Gasteiger partial charge in [-0.1, -0.05) is 23.9 Å². The Morgan fingerprint density at radius 3 is 3.04 bits per heavy atom. The van der Waals surface area contributed by atoms with Gasteiger partial charge in [-0.15, -0.1) is 5.10 Å². The largest absolute Gasteiger partial charge is 0.454 e. The third kappa shape index (κ3) is 3.14. The molecule has 0 unspecified atom stereocenters. The van der Waals surface area contributed by atoms with Gasteiger partial charge in [0.1, 0.15) is 4.88 Å². The van der Waals surface area contributed by atoms with Crippen molar-refractivity contribution in [3.8, 4) is 11.5 Å². The Labute approximate surface area is 155 Å². The van der Waals surface area contributed by atoms with Crippen LogP contribution in [0.1, 0.15) is 46.6 Å². The van der Waals surface area contributed by atoms with Crippen LogP contribution < -0.4 is 9.47 Å². The molecule has 0 spiro atoms. The molecule has 0 radical (unpaired) electrons. The Hall–Kier alpha value is -2.19. The summed E-state index contributed by atoms with van der Waals surface area (Å²) < 4.78 is 14.7. The van der Waals surface area contributed by atoms with E-state index in [0.717, 1.165) is 41.4 Å². The lowest BCUT2D eigenvalue weighted by Crippen LogP contribution is -2.45. The maximum atomic E-state index is 12.8. The van der Waals surface area contributed by atoms with E-state index in [0.29, 0.717) is 30.1 Å². The number of fused-ring (bicyclic) bond motifs is 1. The summed E-state index contributed by atoms with van der Waals surface area (Å²) in [6.07, 6.45) is 1.74. The van der Waals surface area contributed by atoms with E-state index in [1.54, 1.807) is 4.90 Å². The van der Waals surface area contributed by atoms with E-state index in [1.165, 1.54) is 0 Å². The molecule has 138 valence electrons. The lowest BCUT2D eigenvalue weighted by atomic mass is 9.87. The van der Waals surface area contributed by atoms with Gasteiger partial charge < -0.3 is 19.5 Å². The molecule has 2 atom stereocenters. The monoisotopic (exact) mass is 375 g/mol. The number of benzene rings is 1. The molecule has 1 amide bonds. The number of ether oxygens (including phenoxy) is 2. The number of nitrogens with zero attached hydrogens (tertiary/aromatic N) is 3. The minimum Gasteiger partial charge on any atom is -0.454 e. The number of β-amino-alcohol motifs (C(OH)–C–C–N with tert-alkyl or cyclic N) is 1. The molecule has 3 heterocycles. The fourth-order valence-corrected chi connectivity index (χ4v) is 4.24. The molecule has 2 aliphatic heterocycles. The first-order chi connectivity index (χ1) is 12.7. The topological polar surface area (TPSA) is 84.8 Å². The standard InChI is InChI=1S/C18H21N3O4S/c1-2-3-13-17(26-20-19-13)18(23)21-7-6-12(14(22)9-21)11-4-5-15-16(8-11)25-10-24-15/h4-5,8,12,14,22H,2-3,6-7,9-10H2,1H3/t12-,14+/m0/s1. The van der Waals surface area contributed by atoms with E-state index in [2.05, 4.69) is 9.59 Å². The summed E-state index contributed by atoms with van der Waals surface area (Å²) in [4.78, 5) is 15.1. The number of carbonyl (C=O) groups excluding carboxylic acids is 1. The third-order valence-corrected chi connectivity index (χ3v) is 5.69. The van der Waals surface area contributed by atoms with Crippen LogP contribution in [-0.4, -0.2) is 51.5 Å². The molecule has 4 rings (SSSR count). The summed E-state index contributed by atoms with van der Waals surface area (Å²) in [7, 11) is 0. The van der Waals surface area contributed by atoms with E-state index in [4.69, 9.17) is 9.47 Å². The second kappa shape index (κ2) is 7.20. The van der Waals surface area contributed by atoms with E-state index < -0.39 is 6.10 Å². The van der Waals surface area contributed by atoms with Crippen molar-refractivity contribution in [1.29, 1.82) is 0 Å². The second-order valence-electron chi connectivity index (χ2n) is 6.63. The normalized spacial score (nSPS) is 21.8. The summed E-state index contributed by atoms with van der Waals surface area (Å²) in [6.45, 7) is 3.19. The molecular formula is C18H21N3O4S. The van der Waals surface area contributed by atoms with Crippen LogP contribution in [0.2, 0.25) is 0 Å². The molecule has 1 aromatic carbocycles. The summed E-state index contributed by atoms with van der Waals surface area (Å²) in [6, 6.07) is 5.77. The van der Waals surface area contributed by atoms with Gasteiger partial charge in [0, 0.05) is 19.0 Å². The molecule has 2 aromatic rings. The maximum absolute atomic E-state index is 12.8. The average Bonchev–Trinajstić information content (AvgIpc) is 3.29. The van der Waals surface area contributed by atoms with E-state index >= 15 is 0 Å². The van der Waals surface area contributed by atoms with Crippen molar-refractivity contribution in [1.82, 2.24) is 14.5 Å². The van der Waals surface area contributed by atoms with Crippen LogP contribution >= 0.6 is 11.5 Å². The number of aromatic nitrogens is 2. The number of piperidine rings is 1. The Morgan fingerprint density at radius 1 is 1.38 bits per heavy atom. The number of carbonyl (C=O) groups is 1. The molecule has 0 bridgehead atoms. The smallest absolute Gasteiger partial charge is 0.267 e. The lowest BCUT2D eigenvalue weighted by Gasteiger charge is -2.36. The highest BCUT2D eigenvalue weighted by Crippen LogP contribution is 2.37. The van der Waals surface area contributed by atoms with Crippen molar-refractivity contribution >= 4 is 17.4 Å². The number of rotatable bonds is 4. The SMILES string of the molecule is CCCc1nnsc1C(=O)N1CC[C@@H](c2ccc3c(c2)OCO3)[C@H](O)C1. The molecular weight excluding hydrogens is 354 g/mol. The van der Waals surface area contributed by atoms with Crippen LogP contribution in [0.5, 0.6) is 11.5 Å². The van der Waals surface area contributed by atoms with Gasteiger partial charge in [0.05, 0.1) is 11.8 Å². The van der Waals surface area contributed by atoms with Crippen LogP contribution in [0.3, 0.4) is 0 Å². The minimum absolute atomic E-state index is 0.0248. The van der Waals surface area contributed by atoms with Gasteiger partial charge >= 0.3 is 0 Å². The molecule has 0 saturated carbocycles. The zero-order valence-electron chi connectivity index (χ0n) is 14.6. The average molecular weight is 375 g/mol. The van der Waals surface area contributed by atoms with Crippen molar-refractivity contribution in [2.75, 3.05) is 19.9 Å². The van der Waals surface area contributed by atoms with Crippen LogP contribution in [0, 0.1) is 0 Å². The number of aryl methyl sites for hydroxylation is 1. The van der Waals surface area contributed by atoms with Crippen molar-refractivity contribution in [3.63, 3.8) is 0 Å². The Morgan fingerprint density at radius 2 is 2.23 bits per heavy atom. The van der Waals surface area contributed by atoms with Gasteiger partial charge in [-0.2, -0.15) is 0 Å². The first kappa shape index (κ1) is 17.2. The quantitative estimate of drug-likeness (QED) is 0.882. The first-order valence-corrected chi connectivity index (χ1v) is 9.62. The van der Waals surface area contributed by atoms with Gasteiger partial charge in [-0.3, -0.25) is 4.79 Å². The van der Waals surface area contributed by atoms with E-state index in [-0.39, 0.29) is 18.6 Å². The Balaban J connectivity index is 1.46. The van der Waals surface area contributed by atoms with Gasteiger partial charge in [0.25, 0.3) is 5.91 Å². The highest BCUT2D eigenvalue weighted by atomic mass is 32.1. The van der Waals surface area contributed by atoms with E-state index in [1.807, 2.05) is 25.1 Å². The number of aliphatic hydroxyl groups is 1. The highest BCUT2D eigenvalue weighted by Gasteiger charge is 2.33. The van der Waals surface area contributed by atoms with Crippen molar-refractivity contribution in [3.05, 3.63) is 34.3 Å². The van der Waals surface area contributed by atoms with Crippen molar-refractivity contribution < 1.29 is 19.4 Å². The molecule has 26 heavy (non-hydrogen) atoms. The Kier molecular flexibility index (Phi) is 4.78. The molecule has 1 N–H and O–H groups in total. The Bertz CT molecular complexity index is 809. The summed E-state index contributed by atoms with van der Waals surface area (Å²) in [5, 5.41) is 14.7. The number of aliphatic hydroxyl groups excluding tert-OH is 1. The number of likely N-dealkylation sites (tertiary alicyclic amines) is 1.